The maximum atomic E-state index is 12.9. The number of carbonyl (C=O) groups excluding carboxylic acids is 2. The summed E-state index contributed by atoms with van der Waals surface area (Å²) in [6.07, 6.45) is 5.66. The van der Waals surface area contributed by atoms with Gasteiger partial charge in [-0.3, -0.25) is 14.3 Å². The molecule has 1 saturated heterocycles. The van der Waals surface area contributed by atoms with Gasteiger partial charge in [0.15, 0.2) is 0 Å². The molecule has 2 heterocycles. The third-order valence-corrected chi connectivity index (χ3v) is 4.82. The van der Waals surface area contributed by atoms with Crippen LogP contribution in [0.1, 0.15) is 25.3 Å². The van der Waals surface area contributed by atoms with Crippen LogP contribution >= 0.6 is 0 Å². The minimum absolute atomic E-state index is 0.0639. The van der Waals surface area contributed by atoms with Crippen molar-refractivity contribution in [3.63, 3.8) is 0 Å². The number of hydrogen-bond donors (Lipinski definition) is 3. The molecule has 3 rings (SSSR count). The van der Waals surface area contributed by atoms with Gasteiger partial charge in [-0.15, -0.1) is 0 Å². The Balaban J connectivity index is 1.62. The van der Waals surface area contributed by atoms with Gasteiger partial charge in [-0.2, -0.15) is 5.10 Å². The van der Waals surface area contributed by atoms with Crippen molar-refractivity contribution in [2.24, 2.45) is 0 Å². The van der Waals surface area contributed by atoms with Gasteiger partial charge in [0.2, 0.25) is 11.8 Å². The number of aryl methyl sites for hydroxylation is 1. The van der Waals surface area contributed by atoms with Crippen LogP contribution < -0.4 is 16.0 Å². The molecule has 0 saturated carbocycles. The largest absolute Gasteiger partial charge is 0.345 e. The number of amides is 2. The maximum absolute atomic E-state index is 12.9. The van der Waals surface area contributed by atoms with Crippen molar-refractivity contribution in [2.75, 3.05) is 25.0 Å². The topological polar surface area (TPSA) is 88.1 Å². The lowest BCUT2D eigenvalue weighted by Gasteiger charge is -2.36. The van der Waals surface area contributed by atoms with E-state index in [1.807, 2.05) is 30.3 Å². The van der Waals surface area contributed by atoms with E-state index in [0.29, 0.717) is 12.8 Å². The molecule has 0 radical (unpaired) electrons. The van der Waals surface area contributed by atoms with Gasteiger partial charge in [0.25, 0.3) is 0 Å². The predicted octanol–water partition coefficient (Wildman–Crippen LogP) is 1.28. The van der Waals surface area contributed by atoms with Crippen molar-refractivity contribution >= 4 is 17.5 Å². The molecule has 1 fully saturated rings. The molecule has 1 aromatic carbocycles. The summed E-state index contributed by atoms with van der Waals surface area (Å²) in [5.41, 5.74) is 1.16. The molecule has 138 valence electrons. The zero-order valence-corrected chi connectivity index (χ0v) is 15.0. The molecule has 2 amide bonds. The SMILES string of the molecule is CCc1cccc(NC(=O)CNC(=O)C2(n3cccn3)CCNCC2)c1. The average molecular weight is 355 g/mol. The van der Waals surface area contributed by atoms with Crippen LogP contribution in [0.25, 0.3) is 0 Å². The van der Waals surface area contributed by atoms with Gasteiger partial charge in [0.1, 0.15) is 5.54 Å². The summed E-state index contributed by atoms with van der Waals surface area (Å²) in [6, 6.07) is 9.52. The van der Waals surface area contributed by atoms with E-state index in [4.69, 9.17) is 0 Å². The fourth-order valence-electron chi connectivity index (χ4n) is 3.32. The molecular formula is C19H25N5O2. The molecule has 7 heteroatoms. The van der Waals surface area contributed by atoms with E-state index in [1.54, 1.807) is 17.1 Å². The number of rotatable bonds is 6. The molecule has 0 unspecified atom stereocenters. The Morgan fingerprint density at radius 1 is 1.27 bits per heavy atom. The quantitative estimate of drug-likeness (QED) is 0.728. The standard InChI is InChI=1S/C19H25N5O2/c1-2-15-5-3-6-16(13-15)23-17(25)14-21-18(26)19(7-10-20-11-8-19)24-12-4-9-22-24/h3-6,9,12-13,20H,2,7-8,10-11,14H2,1H3,(H,21,26)(H,23,25). The van der Waals surface area contributed by atoms with E-state index in [1.165, 1.54) is 0 Å². The zero-order chi connectivity index (χ0) is 18.4. The van der Waals surface area contributed by atoms with Crippen LogP contribution in [0.2, 0.25) is 0 Å². The molecule has 0 aliphatic carbocycles. The van der Waals surface area contributed by atoms with Crippen molar-refractivity contribution in [1.29, 1.82) is 0 Å². The summed E-state index contributed by atoms with van der Waals surface area (Å²) in [4.78, 5) is 25.1. The maximum Gasteiger partial charge on any atom is 0.248 e. The van der Waals surface area contributed by atoms with Gasteiger partial charge in [-0.05, 0) is 56.1 Å². The van der Waals surface area contributed by atoms with Crippen LogP contribution in [-0.2, 0) is 21.5 Å². The van der Waals surface area contributed by atoms with Gasteiger partial charge < -0.3 is 16.0 Å². The first-order chi connectivity index (χ1) is 12.6. The smallest absolute Gasteiger partial charge is 0.248 e. The van der Waals surface area contributed by atoms with Crippen LogP contribution in [-0.4, -0.2) is 41.2 Å². The molecule has 1 aliphatic heterocycles. The van der Waals surface area contributed by atoms with Crippen LogP contribution in [0, 0.1) is 0 Å². The fraction of sp³-hybridized carbons (Fsp3) is 0.421. The Hall–Kier alpha value is -2.67. The first-order valence-corrected chi connectivity index (χ1v) is 9.02. The minimum Gasteiger partial charge on any atom is -0.345 e. The molecule has 1 aromatic heterocycles. The predicted molar refractivity (Wildman–Crippen MR) is 99.8 cm³/mol. The summed E-state index contributed by atoms with van der Waals surface area (Å²) in [6.45, 7) is 3.48. The first kappa shape index (κ1) is 18.1. The van der Waals surface area contributed by atoms with Gasteiger partial charge in [0, 0.05) is 18.1 Å². The average Bonchev–Trinajstić information content (AvgIpc) is 3.22. The van der Waals surface area contributed by atoms with Crippen LogP contribution in [0.4, 0.5) is 5.69 Å². The number of nitrogens with zero attached hydrogens (tertiary/aromatic N) is 2. The third kappa shape index (κ3) is 3.94. The van der Waals surface area contributed by atoms with Crippen molar-refractivity contribution in [2.45, 2.75) is 31.7 Å². The lowest BCUT2D eigenvalue weighted by atomic mass is 9.87. The second-order valence-electron chi connectivity index (χ2n) is 6.52. The Morgan fingerprint density at radius 3 is 2.77 bits per heavy atom. The van der Waals surface area contributed by atoms with E-state index in [0.717, 1.165) is 30.8 Å². The fourth-order valence-corrected chi connectivity index (χ4v) is 3.32. The highest BCUT2D eigenvalue weighted by Gasteiger charge is 2.41. The molecular weight excluding hydrogens is 330 g/mol. The number of hydrogen-bond acceptors (Lipinski definition) is 4. The summed E-state index contributed by atoms with van der Waals surface area (Å²) < 4.78 is 1.71. The molecule has 0 atom stereocenters. The van der Waals surface area contributed by atoms with Crippen molar-refractivity contribution < 1.29 is 9.59 Å². The molecule has 3 N–H and O–H groups in total. The lowest BCUT2D eigenvalue weighted by molar-refractivity contribution is -0.133. The van der Waals surface area contributed by atoms with Crippen LogP contribution in [0.5, 0.6) is 0 Å². The zero-order valence-electron chi connectivity index (χ0n) is 15.0. The number of aromatic nitrogens is 2. The van der Waals surface area contributed by atoms with Crippen molar-refractivity contribution in [3.8, 4) is 0 Å². The number of nitrogens with one attached hydrogen (secondary N) is 3. The molecule has 0 spiro atoms. The first-order valence-electron chi connectivity index (χ1n) is 9.02. The monoisotopic (exact) mass is 355 g/mol. The number of benzene rings is 1. The molecule has 26 heavy (non-hydrogen) atoms. The van der Waals surface area contributed by atoms with E-state index in [9.17, 15) is 9.59 Å². The summed E-state index contributed by atoms with van der Waals surface area (Å²) in [5, 5.41) is 13.2. The Kier molecular flexibility index (Phi) is 5.68. The molecule has 2 aromatic rings. The Labute approximate surface area is 153 Å². The van der Waals surface area contributed by atoms with Gasteiger partial charge in [-0.1, -0.05) is 19.1 Å². The lowest BCUT2D eigenvalue weighted by Crippen LogP contribution is -2.55. The molecule has 7 nitrogen and oxygen atoms in total. The molecule has 0 bridgehead atoms. The van der Waals surface area contributed by atoms with Gasteiger partial charge in [-0.25, -0.2) is 0 Å². The number of piperidine rings is 1. The minimum atomic E-state index is -0.739. The number of anilines is 1. The molecule has 1 aliphatic rings. The summed E-state index contributed by atoms with van der Waals surface area (Å²) in [7, 11) is 0. The Bertz CT molecular complexity index is 751. The van der Waals surface area contributed by atoms with Crippen LogP contribution in [0.3, 0.4) is 0 Å². The number of carbonyl (C=O) groups is 2. The highest BCUT2D eigenvalue weighted by molar-refractivity contribution is 5.95. The second kappa shape index (κ2) is 8.14. The summed E-state index contributed by atoms with van der Waals surface area (Å²) >= 11 is 0. The second-order valence-corrected chi connectivity index (χ2v) is 6.52. The third-order valence-electron chi connectivity index (χ3n) is 4.82. The Morgan fingerprint density at radius 2 is 2.08 bits per heavy atom. The van der Waals surface area contributed by atoms with E-state index >= 15 is 0 Å². The highest BCUT2D eigenvalue weighted by atomic mass is 16.2. The van der Waals surface area contributed by atoms with Crippen molar-refractivity contribution in [1.82, 2.24) is 20.4 Å². The highest BCUT2D eigenvalue weighted by Crippen LogP contribution is 2.27. The van der Waals surface area contributed by atoms with Crippen LogP contribution in [0.15, 0.2) is 42.7 Å². The van der Waals surface area contributed by atoms with E-state index in [-0.39, 0.29) is 18.4 Å². The van der Waals surface area contributed by atoms with E-state index in [2.05, 4.69) is 28.0 Å². The normalized spacial score (nSPS) is 16.0. The van der Waals surface area contributed by atoms with Crippen molar-refractivity contribution in [3.05, 3.63) is 48.3 Å². The van der Waals surface area contributed by atoms with Gasteiger partial charge in [0.05, 0.1) is 6.54 Å². The van der Waals surface area contributed by atoms with Gasteiger partial charge >= 0.3 is 0 Å². The summed E-state index contributed by atoms with van der Waals surface area (Å²) in [5.74, 6) is -0.406. The van der Waals surface area contributed by atoms with E-state index < -0.39 is 5.54 Å².